The Morgan fingerprint density at radius 3 is 2.84 bits per heavy atom. The van der Waals surface area contributed by atoms with Gasteiger partial charge in [0.25, 0.3) is 11.6 Å². The van der Waals surface area contributed by atoms with Gasteiger partial charge in [-0.2, -0.15) is 5.10 Å². The fourth-order valence-electron chi connectivity index (χ4n) is 1.83. The Hall–Kier alpha value is -2.45. The molecule has 25 heavy (non-hydrogen) atoms. The van der Waals surface area contributed by atoms with Gasteiger partial charge in [-0.15, -0.1) is 0 Å². The second-order valence-corrected chi connectivity index (χ2v) is 6.25. The number of aryl methyl sites for hydroxylation is 1. The first-order chi connectivity index (χ1) is 11.9. The van der Waals surface area contributed by atoms with Gasteiger partial charge in [0.15, 0.2) is 6.61 Å². The largest absolute Gasteiger partial charge is 0.483 e. The third-order valence-electron chi connectivity index (χ3n) is 3.02. The Kier molecular flexibility index (Phi) is 6.49. The van der Waals surface area contributed by atoms with Crippen molar-refractivity contribution in [1.82, 2.24) is 5.43 Å². The second kappa shape index (κ2) is 8.59. The molecule has 1 amide bonds. The van der Waals surface area contributed by atoms with Crippen LogP contribution in [0.15, 0.2) is 46.0 Å². The van der Waals surface area contributed by atoms with Crippen LogP contribution < -0.4 is 10.2 Å². The number of hydrazone groups is 1. The minimum atomic E-state index is -0.592. The predicted octanol–water partition coefficient (Wildman–Crippen LogP) is 3.85. The van der Waals surface area contributed by atoms with E-state index < -0.39 is 10.8 Å². The van der Waals surface area contributed by atoms with Gasteiger partial charge in [-0.1, -0.05) is 23.7 Å². The zero-order valence-electron chi connectivity index (χ0n) is 13.0. The molecular formula is C16H13BrClN3O4. The Morgan fingerprint density at radius 1 is 1.40 bits per heavy atom. The summed E-state index contributed by atoms with van der Waals surface area (Å²) >= 11 is 9.07. The van der Waals surface area contributed by atoms with Gasteiger partial charge < -0.3 is 4.74 Å². The average Bonchev–Trinajstić information content (AvgIpc) is 2.55. The van der Waals surface area contributed by atoms with E-state index in [1.165, 1.54) is 18.3 Å². The number of ether oxygens (including phenoxy) is 1. The van der Waals surface area contributed by atoms with Crippen LogP contribution in [-0.2, 0) is 4.79 Å². The van der Waals surface area contributed by atoms with Gasteiger partial charge in [0.2, 0.25) is 0 Å². The molecule has 2 rings (SSSR count). The highest BCUT2D eigenvalue weighted by molar-refractivity contribution is 9.10. The highest BCUT2D eigenvalue weighted by Gasteiger charge is 2.12. The maximum absolute atomic E-state index is 11.7. The average molecular weight is 427 g/mol. The zero-order valence-corrected chi connectivity index (χ0v) is 15.4. The smallest absolute Gasteiger partial charge is 0.288 e. The lowest BCUT2D eigenvalue weighted by Gasteiger charge is -2.07. The number of amides is 1. The SMILES string of the molecule is Cc1ccc(OCC(=O)N/N=C\c2ccc(Cl)c([N+](=O)[O-])c2)c(Br)c1. The minimum Gasteiger partial charge on any atom is -0.483 e. The van der Waals surface area contributed by atoms with Crippen LogP contribution in [-0.4, -0.2) is 23.7 Å². The van der Waals surface area contributed by atoms with Gasteiger partial charge in [0, 0.05) is 11.6 Å². The van der Waals surface area contributed by atoms with E-state index in [1.54, 1.807) is 12.1 Å². The van der Waals surface area contributed by atoms with Crippen molar-refractivity contribution in [2.24, 2.45) is 5.10 Å². The molecule has 0 aliphatic heterocycles. The van der Waals surface area contributed by atoms with E-state index in [2.05, 4.69) is 26.5 Å². The van der Waals surface area contributed by atoms with Crippen molar-refractivity contribution >= 4 is 45.3 Å². The summed E-state index contributed by atoms with van der Waals surface area (Å²) in [5, 5.41) is 14.6. The number of carbonyl (C=O) groups excluding carboxylic acids is 1. The molecule has 0 aliphatic rings. The number of halogens is 2. The molecule has 0 fully saturated rings. The molecule has 0 spiro atoms. The molecule has 0 unspecified atom stereocenters. The van der Waals surface area contributed by atoms with E-state index in [0.29, 0.717) is 11.3 Å². The van der Waals surface area contributed by atoms with Crippen LogP contribution in [0.2, 0.25) is 5.02 Å². The van der Waals surface area contributed by atoms with E-state index in [1.807, 2.05) is 19.1 Å². The summed E-state index contributed by atoms with van der Waals surface area (Å²) in [7, 11) is 0. The van der Waals surface area contributed by atoms with Crippen molar-refractivity contribution < 1.29 is 14.5 Å². The summed E-state index contributed by atoms with van der Waals surface area (Å²) in [4.78, 5) is 21.9. The number of carbonyl (C=O) groups is 1. The Labute approximate surface area is 156 Å². The van der Waals surface area contributed by atoms with Crippen molar-refractivity contribution in [3.8, 4) is 5.75 Å². The molecule has 0 atom stereocenters. The van der Waals surface area contributed by atoms with Gasteiger partial charge in [-0.25, -0.2) is 5.43 Å². The van der Waals surface area contributed by atoms with Crippen LogP contribution in [0.5, 0.6) is 5.75 Å². The number of nitro benzene ring substituents is 1. The lowest BCUT2D eigenvalue weighted by atomic mass is 10.2. The fourth-order valence-corrected chi connectivity index (χ4v) is 2.62. The summed E-state index contributed by atoms with van der Waals surface area (Å²) in [5.41, 5.74) is 3.54. The van der Waals surface area contributed by atoms with Gasteiger partial charge in [-0.3, -0.25) is 14.9 Å². The topological polar surface area (TPSA) is 93.8 Å². The molecule has 0 aromatic heterocycles. The number of nitrogens with one attached hydrogen (secondary N) is 1. The molecule has 2 aromatic rings. The molecule has 0 aliphatic carbocycles. The summed E-state index contributed by atoms with van der Waals surface area (Å²) in [5.74, 6) is 0.0743. The maximum Gasteiger partial charge on any atom is 0.288 e. The number of nitro groups is 1. The number of hydrogen-bond acceptors (Lipinski definition) is 5. The second-order valence-electron chi connectivity index (χ2n) is 4.98. The molecule has 130 valence electrons. The molecule has 0 saturated heterocycles. The van der Waals surface area contributed by atoms with E-state index in [4.69, 9.17) is 16.3 Å². The highest BCUT2D eigenvalue weighted by atomic mass is 79.9. The normalized spacial score (nSPS) is 10.7. The Balaban J connectivity index is 1.90. The molecule has 7 nitrogen and oxygen atoms in total. The molecule has 0 saturated carbocycles. The lowest BCUT2D eigenvalue weighted by molar-refractivity contribution is -0.384. The van der Waals surface area contributed by atoms with Gasteiger partial charge >= 0.3 is 0 Å². The monoisotopic (exact) mass is 425 g/mol. The quantitative estimate of drug-likeness (QED) is 0.431. The fraction of sp³-hybridized carbons (Fsp3) is 0.125. The number of rotatable bonds is 6. The number of hydrogen-bond donors (Lipinski definition) is 1. The molecular weight excluding hydrogens is 414 g/mol. The first-order valence-corrected chi connectivity index (χ1v) is 8.18. The molecule has 1 N–H and O–H groups in total. The molecule has 2 aromatic carbocycles. The van der Waals surface area contributed by atoms with E-state index >= 15 is 0 Å². The summed E-state index contributed by atoms with van der Waals surface area (Å²) in [6.45, 7) is 1.72. The number of benzene rings is 2. The van der Waals surface area contributed by atoms with Crippen LogP contribution in [0, 0.1) is 17.0 Å². The molecule has 0 radical (unpaired) electrons. The Morgan fingerprint density at radius 2 is 2.16 bits per heavy atom. The Bertz CT molecular complexity index is 842. The zero-order chi connectivity index (χ0) is 18.4. The van der Waals surface area contributed by atoms with E-state index in [-0.39, 0.29) is 17.3 Å². The van der Waals surface area contributed by atoms with Crippen molar-refractivity contribution in [3.05, 3.63) is 67.1 Å². The van der Waals surface area contributed by atoms with Crippen molar-refractivity contribution in [2.75, 3.05) is 6.61 Å². The van der Waals surface area contributed by atoms with Crippen molar-refractivity contribution in [2.45, 2.75) is 6.92 Å². The van der Waals surface area contributed by atoms with E-state index in [0.717, 1.165) is 10.0 Å². The minimum absolute atomic E-state index is 0.0308. The van der Waals surface area contributed by atoms with Crippen molar-refractivity contribution in [3.63, 3.8) is 0 Å². The third kappa shape index (κ3) is 5.54. The number of nitrogens with zero attached hydrogens (tertiary/aromatic N) is 2. The van der Waals surface area contributed by atoms with Crippen LogP contribution in [0.4, 0.5) is 5.69 Å². The highest BCUT2D eigenvalue weighted by Crippen LogP contribution is 2.26. The van der Waals surface area contributed by atoms with Gasteiger partial charge in [0.05, 0.1) is 15.6 Å². The van der Waals surface area contributed by atoms with Gasteiger partial charge in [-0.05, 0) is 46.6 Å². The van der Waals surface area contributed by atoms with Crippen LogP contribution in [0.1, 0.15) is 11.1 Å². The van der Waals surface area contributed by atoms with E-state index in [9.17, 15) is 14.9 Å². The molecule has 9 heteroatoms. The summed E-state index contributed by atoms with van der Waals surface area (Å²) in [6, 6.07) is 9.69. The first-order valence-electron chi connectivity index (χ1n) is 7.01. The van der Waals surface area contributed by atoms with Crippen molar-refractivity contribution in [1.29, 1.82) is 0 Å². The third-order valence-corrected chi connectivity index (χ3v) is 3.96. The molecule has 0 heterocycles. The molecule has 0 bridgehead atoms. The summed E-state index contributed by atoms with van der Waals surface area (Å²) < 4.78 is 6.13. The summed E-state index contributed by atoms with van der Waals surface area (Å²) in [6.07, 6.45) is 1.28. The predicted molar refractivity (Wildman–Crippen MR) is 98.2 cm³/mol. The maximum atomic E-state index is 11.7. The lowest BCUT2D eigenvalue weighted by Crippen LogP contribution is -2.24. The van der Waals surface area contributed by atoms with Crippen LogP contribution in [0.25, 0.3) is 0 Å². The first kappa shape index (κ1) is 18.9. The standard InChI is InChI=1S/C16H13BrClN3O4/c1-10-2-5-15(12(17)6-10)25-9-16(22)20-19-8-11-3-4-13(18)14(7-11)21(23)24/h2-8H,9H2,1H3,(H,20,22)/b19-8-. The van der Waals surface area contributed by atoms with Crippen LogP contribution >= 0.6 is 27.5 Å². The van der Waals surface area contributed by atoms with Crippen LogP contribution in [0.3, 0.4) is 0 Å². The van der Waals surface area contributed by atoms with Gasteiger partial charge in [0.1, 0.15) is 10.8 Å².